The molecule has 2 atom stereocenters. The highest BCUT2D eigenvalue weighted by atomic mass is 35.5. The standard InChI is InChI=1S/C19H24N2O.ClH/c1-2-17(13-15-9-5-3-6-10-15)21-19(22)14-18(20)16-11-7-4-8-12-16;/h3-12,17-18H,2,13-14,20H2,1H3,(H,21,22);1H. The van der Waals surface area contributed by atoms with Crippen LogP contribution >= 0.6 is 12.4 Å². The summed E-state index contributed by atoms with van der Waals surface area (Å²) in [7, 11) is 0. The monoisotopic (exact) mass is 332 g/mol. The second kappa shape index (κ2) is 10.0. The number of nitrogens with one attached hydrogen (secondary N) is 1. The van der Waals surface area contributed by atoms with Gasteiger partial charge in [-0.25, -0.2) is 0 Å². The van der Waals surface area contributed by atoms with Gasteiger partial charge in [0.05, 0.1) is 0 Å². The normalized spacial score (nSPS) is 12.8. The first-order valence-electron chi connectivity index (χ1n) is 7.83. The van der Waals surface area contributed by atoms with Gasteiger partial charge in [-0.2, -0.15) is 0 Å². The van der Waals surface area contributed by atoms with Gasteiger partial charge >= 0.3 is 0 Å². The third-order valence-corrected chi connectivity index (χ3v) is 3.82. The third kappa shape index (κ3) is 6.43. The molecule has 0 aromatic heterocycles. The smallest absolute Gasteiger partial charge is 0.222 e. The molecule has 0 aliphatic carbocycles. The summed E-state index contributed by atoms with van der Waals surface area (Å²) in [5.41, 5.74) is 8.34. The van der Waals surface area contributed by atoms with Gasteiger partial charge in [-0.05, 0) is 24.0 Å². The van der Waals surface area contributed by atoms with Crippen LogP contribution in [0.3, 0.4) is 0 Å². The van der Waals surface area contributed by atoms with Crippen LogP contribution < -0.4 is 11.1 Å². The quantitative estimate of drug-likeness (QED) is 0.813. The van der Waals surface area contributed by atoms with Crippen LogP contribution in [0.4, 0.5) is 0 Å². The molecule has 0 aliphatic rings. The Kier molecular flexibility index (Phi) is 8.38. The van der Waals surface area contributed by atoms with E-state index in [1.807, 2.05) is 48.5 Å². The molecule has 3 nitrogen and oxygen atoms in total. The Morgan fingerprint density at radius 3 is 2.17 bits per heavy atom. The van der Waals surface area contributed by atoms with Crippen LogP contribution in [0.5, 0.6) is 0 Å². The SMILES string of the molecule is CCC(Cc1ccccc1)NC(=O)CC(N)c1ccccc1.Cl. The first kappa shape index (κ1) is 19.2. The van der Waals surface area contributed by atoms with Gasteiger partial charge in [-0.15, -0.1) is 12.4 Å². The highest BCUT2D eigenvalue weighted by Gasteiger charge is 2.15. The van der Waals surface area contributed by atoms with Crippen LogP contribution in [0.2, 0.25) is 0 Å². The molecule has 2 aromatic rings. The van der Waals surface area contributed by atoms with Crippen molar-refractivity contribution in [3.05, 3.63) is 71.8 Å². The Bertz CT molecular complexity index is 574. The molecular formula is C19H25ClN2O. The number of hydrogen-bond acceptors (Lipinski definition) is 2. The van der Waals surface area contributed by atoms with E-state index < -0.39 is 0 Å². The number of benzene rings is 2. The van der Waals surface area contributed by atoms with Crippen LogP contribution in [0.25, 0.3) is 0 Å². The van der Waals surface area contributed by atoms with Gasteiger partial charge in [-0.1, -0.05) is 67.6 Å². The summed E-state index contributed by atoms with van der Waals surface area (Å²) in [6.07, 6.45) is 2.07. The van der Waals surface area contributed by atoms with E-state index in [1.165, 1.54) is 5.56 Å². The van der Waals surface area contributed by atoms with E-state index in [1.54, 1.807) is 0 Å². The maximum atomic E-state index is 12.2. The molecule has 0 spiro atoms. The lowest BCUT2D eigenvalue weighted by molar-refractivity contribution is -0.122. The van der Waals surface area contributed by atoms with Crippen LogP contribution in [-0.4, -0.2) is 11.9 Å². The highest BCUT2D eigenvalue weighted by Crippen LogP contribution is 2.13. The van der Waals surface area contributed by atoms with Gasteiger partial charge in [0.25, 0.3) is 0 Å². The minimum Gasteiger partial charge on any atom is -0.353 e. The van der Waals surface area contributed by atoms with E-state index in [-0.39, 0.29) is 30.4 Å². The van der Waals surface area contributed by atoms with Gasteiger partial charge in [-0.3, -0.25) is 4.79 Å². The predicted octanol–water partition coefficient (Wildman–Crippen LogP) is 3.64. The molecule has 0 aliphatic heterocycles. The highest BCUT2D eigenvalue weighted by molar-refractivity contribution is 5.85. The number of amides is 1. The zero-order valence-electron chi connectivity index (χ0n) is 13.4. The summed E-state index contributed by atoms with van der Waals surface area (Å²) in [6, 6.07) is 19.9. The summed E-state index contributed by atoms with van der Waals surface area (Å²) in [4.78, 5) is 12.2. The molecule has 0 saturated carbocycles. The molecule has 2 unspecified atom stereocenters. The molecule has 0 fully saturated rings. The molecule has 124 valence electrons. The topological polar surface area (TPSA) is 55.1 Å². The van der Waals surface area contributed by atoms with Gasteiger partial charge in [0.2, 0.25) is 5.91 Å². The van der Waals surface area contributed by atoms with Crippen molar-refractivity contribution in [3.8, 4) is 0 Å². The van der Waals surface area contributed by atoms with Gasteiger partial charge in [0.15, 0.2) is 0 Å². The molecule has 3 N–H and O–H groups in total. The van der Waals surface area contributed by atoms with Crippen molar-refractivity contribution in [3.63, 3.8) is 0 Å². The van der Waals surface area contributed by atoms with Crippen LogP contribution in [0, 0.1) is 0 Å². The van der Waals surface area contributed by atoms with Crippen molar-refractivity contribution < 1.29 is 4.79 Å². The number of carbonyl (C=O) groups excluding carboxylic acids is 1. The average Bonchev–Trinajstić information content (AvgIpc) is 2.56. The fraction of sp³-hybridized carbons (Fsp3) is 0.316. The van der Waals surface area contributed by atoms with Crippen molar-refractivity contribution in [2.75, 3.05) is 0 Å². The molecule has 0 bridgehead atoms. The van der Waals surface area contributed by atoms with Crippen LogP contribution in [-0.2, 0) is 11.2 Å². The first-order chi connectivity index (χ1) is 10.7. The summed E-state index contributed by atoms with van der Waals surface area (Å²) in [5.74, 6) is 0.0131. The van der Waals surface area contributed by atoms with E-state index in [9.17, 15) is 4.79 Å². The Hall–Kier alpha value is -1.84. The lowest BCUT2D eigenvalue weighted by Crippen LogP contribution is -2.37. The van der Waals surface area contributed by atoms with Crippen molar-refractivity contribution in [2.45, 2.75) is 38.3 Å². The largest absolute Gasteiger partial charge is 0.353 e. The molecule has 0 heterocycles. The molecule has 0 radical (unpaired) electrons. The molecule has 4 heteroatoms. The average molecular weight is 333 g/mol. The van der Waals surface area contributed by atoms with Gasteiger partial charge < -0.3 is 11.1 Å². The van der Waals surface area contributed by atoms with Crippen LogP contribution in [0.1, 0.15) is 36.9 Å². The van der Waals surface area contributed by atoms with Crippen molar-refractivity contribution >= 4 is 18.3 Å². The zero-order valence-corrected chi connectivity index (χ0v) is 14.3. The fourth-order valence-corrected chi connectivity index (χ4v) is 2.50. The summed E-state index contributed by atoms with van der Waals surface area (Å²) in [5, 5.41) is 3.10. The Morgan fingerprint density at radius 1 is 1.04 bits per heavy atom. The van der Waals surface area contributed by atoms with E-state index >= 15 is 0 Å². The van der Waals surface area contributed by atoms with Crippen molar-refractivity contribution in [1.82, 2.24) is 5.32 Å². The Labute approximate surface area is 144 Å². The van der Waals surface area contributed by atoms with E-state index in [4.69, 9.17) is 5.73 Å². The summed E-state index contributed by atoms with van der Waals surface area (Å²) in [6.45, 7) is 2.09. The summed E-state index contributed by atoms with van der Waals surface area (Å²) >= 11 is 0. The molecule has 23 heavy (non-hydrogen) atoms. The molecule has 2 rings (SSSR count). The second-order valence-electron chi connectivity index (χ2n) is 5.58. The number of nitrogens with two attached hydrogens (primary N) is 1. The third-order valence-electron chi connectivity index (χ3n) is 3.82. The Morgan fingerprint density at radius 2 is 1.61 bits per heavy atom. The molecular weight excluding hydrogens is 308 g/mol. The maximum absolute atomic E-state index is 12.2. The van der Waals surface area contributed by atoms with E-state index in [2.05, 4.69) is 24.4 Å². The lowest BCUT2D eigenvalue weighted by atomic mass is 10.0. The predicted molar refractivity (Wildman–Crippen MR) is 97.6 cm³/mol. The first-order valence-corrected chi connectivity index (χ1v) is 7.83. The number of rotatable bonds is 7. The lowest BCUT2D eigenvalue weighted by Gasteiger charge is -2.19. The van der Waals surface area contributed by atoms with E-state index in [0.29, 0.717) is 6.42 Å². The van der Waals surface area contributed by atoms with Crippen molar-refractivity contribution in [1.29, 1.82) is 0 Å². The molecule has 1 amide bonds. The van der Waals surface area contributed by atoms with E-state index in [0.717, 1.165) is 18.4 Å². The van der Waals surface area contributed by atoms with Crippen molar-refractivity contribution in [2.24, 2.45) is 5.73 Å². The maximum Gasteiger partial charge on any atom is 0.222 e. The van der Waals surface area contributed by atoms with Crippen LogP contribution in [0.15, 0.2) is 60.7 Å². The fourth-order valence-electron chi connectivity index (χ4n) is 2.50. The zero-order chi connectivity index (χ0) is 15.8. The van der Waals surface area contributed by atoms with Gasteiger partial charge in [0, 0.05) is 18.5 Å². The summed E-state index contributed by atoms with van der Waals surface area (Å²) < 4.78 is 0. The van der Waals surface area contributed by atoms with Gasteiger partial charge in [0.1, 0.15) is 0 Å². The number of halogens is 1. The minimum absolute atomic E-state index is 0. The number of hydrogen-bond donors (Lipinski definition) is 2. The second-order valence-corrected chi connectivity index (χ2v) is 5.58. The Balaban J connectivity index is 0.00000264. The molecule has 2 aromatic carbocycles. The molecule has 0 saturated heterocycles. The number of carbonyl (C=O) groups is 1. The minimum atomic E-state index is -0.254.